The van der Waals surface area contributed by atoms with Gasteiger partial charge in [-0.2, -0.15) is 0 Å². The fourth-order valence-corrected chi connectivity index (χ4v) is 1.98. The molecule has 0 bridgehead atoms. The minimum atomic E-state index is -0.0206. The van der Waals surface area contributed by atoms with E-state index in [0.29, 0.717) is 18.5 Å². The van der Waals surface area contributed by atoms with Crippen molar-refractivity contribution in [3.8, 4) is 0 Å². The number of carbonyl (C=O) groups is 1. The SMILES string of the molecule is CC(C)CNC(=O)C(C)N(CCCN)C1CC1. The van der Waals surface area contributed by atoms with Gasteiger partial charge in [0.1, 0.15) is 0 Å². The molecule has 1 saturated carbocycles. The molecule has 0 aromatic heterocycles. The van der Waals surface area contributed by atoms with E-state index in [0.717, 1.165) is 19.5 Å². The highest BCUT2D eigenvalue weighted by Crippen LogP contribution is 2.28. The predicted octanol–water partition coefficient (Wildman–Crippen LogP) is 0.960. The van der Waals surface area contributed by atoms with Gasteiger partial charge in [-0.3, -0.25) is 9.69 Å². The largest absolute Gasteiger partial charge is 0.354 e. The van der Waals surface area contributed by atoms with Crippen molar-refractivity contribution in [3.63, 3.8) is 0 Å². The monoisotopic (exact) mass is 241 g/mol. The number of rotatable bonds is 8. The van der Waals surface area contributed by atoms with E-state index >= 15 is 0 Å². The molecule has 1 atom stereocenters. The molecular formula is C13H27N3O. The van der Waals surface area contributed by atoms with Gasteiger partial charge in [-0.15, -0.1) is 0 Å². The van der Waals surface area contributed by atoms with Gasteiger partial charge in [0, 0.05) is 19.1 Å². The molecule has 0 spiro atoms. The maximum atomic E-state index is 12.0. The maximum Gasteiger partial charge on any atom is 0.237 e. The molecule has 0 radical (unpaired) electrons. The van der Waals surface area contributed by atoms with Crippen LogP contribution in [-0.2, 0) is 4.79 Å². The Morgan fingerprint density at radius 1 is 1.41 bits per heavy atom. The smallest absolute Gasteiger partial charge is 0.237 e. The van der Waals surface area contributed by atoms with E-state index in [9.17, 15) is 4.79 Å². The summed E-state index contributed by atoms with van der Waals surface area (Å²) in [7, 11) is 0. The van der Waals surface area contributed by atoms with Gasteiger partial charge >= 0.3 is 0 Å². The Morgan fingerprint density at radius 3 is 2.53 bits per heavy atom. The quantitative estimate of drug-likeness (QED) is 0.665. The Labute approximate surface area is 105 Å². The second-order valence-electron chi connectivity index (χ2n) is 5.43. The Bertz CT molecular complexity index is 239. The third kappa shape index (κ3) is 5.04. The molecule has 0 aromatic rings. The lowest BCUT2D eigenvalue weighted by molar-refractivity contribution is -0.126. The van der Waals surface area contributed by atoms with E-state index in [1.54, 1.807) is 0 Å². The summed E-state index contributed by atoms with van der Waals surface area (Å²) < 4.78 is 0. The van der Waals surface area contributed by atoms with Crippen molar-refractivity contribution in [2.24, 2.45) is 11.7 Å². The number of carbonyl (C=O) groups excluding carboxylic acids is 1. The van der Waals surface area contributed by atoms with E-state index in [1.165, 1.54) is 12.8 Å². The number of nitrogens with two attached hydrogens (primary N) is 1. The molecule has 0 aliphatic heterocycles. The van der Waals surface area contributed by atoms with Crippen LogP contribution < -0.4 is 11.1 Å². The third-order valence-corrected chi connectivity index (χ3v) is 3.20. The van der Waals surface area contributed by atoms with Crippen LogP contribution in [-0.4, -0.2) is 42.5 Å². The molecule has 0 saturated heterocycles. The summed E-state index contributed by atoms with van der Waals surface area (Å²) in [6, 6.07) is 0.592. The molecule has 3 N–H and O–H groups in total. The molecule has 1 aliphatic carbocycles. The van der Waals surface area contributed by atoms with Crippen LogP contribution in [0.25, 0.3) is 0 Å². The number of hydrogen-bond acceptors (Lipinski definition) is 3. The molecule has 1 fully saturated rings. The first-order chi connectivity index (χ1) is 8.06. The lowest BCUT2D eigenvalue weighted by Crippen LogP contribution is -2.47. The fraction of sp³-hybridized carbons (Fsp3) is 0.923. The van der Waals surface area contributed by atoms with E-state index in [2.05, 4.69) is 24.1 Å². The summed E-state index contributed by atoms with van der Waals surface area (Å²) in [4.78, 5) is 14.3. The molecule has 4 heteroatoms. The third-order valence-electron chi connectivity index (χ3n) is 3.20. The molecule has 4 nitrogen and oxygen atoms in total. The average molecular weight is 241 g/mol. The number of nitrogens with one attached hydrogen (secondary N) is 1. The highest BCUT2D eigenvalue weighted by atomic mass is 16.2. The standard InChI is InChI=1S/C13H27N3O/c1-10(2)9-15-13(17)11(3)16(8-4-7-14)12-5-6-12/h10-12H,4-9,14H2,1-3H3,(H,15,17). The maximum absolute atomic E-state index is 12.0. The minimum absolute atomic E-state index is 0.0206. The Balaban J connectivity index is 2.39. The van der Waals surface area contributed by atoms with Gasteiger partial charge in [-0.1, -0.05) is 13.8 Å². The van der Waals surface area contributed by atoms with Crippen molar-refractivity contribution >= 4 is 5.91 Å². The van der Waals surface area contributed by atoms with Crippen molar-refractivity contribution < 1.29 is 4.79 Å². The van der Waals surface area contributed by atoms with Crippen LogP contribution in [0.15, 0.2) is 0 Å². The lowest BCUT2D eigenvalue weighted by Gasteiger charge is -2.28. The molecule has 1 amide bonds. The van der Waals surface area contributed by atoms with Gasteiger partial charge in [-0.25, -0.2) is 0 Å². The zero-order chi connectivity index (χ0) is 12.8. The van der Waals surface area contributed by atoms with Gasteiger partial charge in [0.05, 0.1) is 6.04 Å². The molecule has 100 valence electrons. The molecule has 1 rings (SSSR count). The normalized spacial score (nSPS) is 17.5. The Kier molecular flexibility index (Phi) is 5.92. The lowest BCUT2D eigenvalue weighted by atomic mass is 10.2. The van der Waals surface area contributed by atoms with E-state index < -0.39 is 0 Å². The summed E-state index contributed by atoms with van der Waals surface area (Å²) in [5.41, 5.74) is 5.54. The average Bonchev–Trinajstić information content (AvgIpc) is 3.10. The van der Waals surface area contributed by atoms with Crippen molar-refractivity contribution in [2.45, 2.75) is 52.1 Å². The summed E-state index contributed by atoms with van der Waals surface area (Å²) in [6.07, 6.45) is 3.43. The van der Waals surface area contributed by atoms with Crippen LogP contribution in [0.2, 0.25) is 0 Å². The highest BCUT2D eigenvalue weighted by Gasteiger charge is 2.34. The van der Waals surface area contributed by atoms with Crippen LogP contribution in [0.3, 0.4) is 0 Å². The molecule has 17 heavy (non-hydrogen) atoms. The molecule has 0 heterocycles. The highest BCUT2D eigenvalue weighted by molar-refractivity contribution is 5.81. The van der Waals surface area contributed by atoms with Crippen LogP contribution in [0.4, 0.5) is 0 Å². The van der Waals surface area contributed by atoms with E-state index in [1.807, 2.05) is 6.92 Å². The second kappa shape index (κ2) is 6.97. The van der Waals surface area contributed by atoms with Crippen LogP contribution in [0.5, 0.6) is 0 Å². The first-order valence-electron chi connectivity index (χ1n) is 6.79. The summed E-state index contributed by atoms with van der Waals surface area (Å²) in [5, 5.41) is 3.01. The van der Waals surface area contributed by atoms with Crippen LogP contribution in [0.1, 0.15) is 40.0 Å². The van der Waals surface area contributed by atoms with Gasteiger partial charge in [0.25, 0.3) is 0 Å². The van der Waals surface area contributed by atoms with Crippen molar-refractivity contribution in [1.29, 1.82) is 0 Å². The number of amides is 1. The summed E-state index contributed by atoms with van der Waals surface area (Å²) in [5.74, 6) is 0.659. The van der Waals surface area contributed by atoms with Gasteiger partial charge in [0.15, 0.2) is 0 Å². The first-order valence-corrected chi connectivity index (χ1v) is 6.79. The second-order valence-corrected chi connectivity index (χ2v) is 5.43. The zero-order valence-corrected chi connectivity index (χ0v) is 11.4. The predicted molar refractivity (Wildman–Crippen MR) is 70.7 cm³/mol. The Morgan fingerprint density at radius 2 is 2.06 bits per heavy atom. The first kappa shape index (κ1) is 14.5. The number of nitrogens with zero attached hydrogens (tertiary/aromatic N) is 1. The van der Waals surface area contributed by atoms with Crippen LogP contribution >= 0.6 is 0 Å². The Hall–Kier alpha value is -0.610. The van der Waals surface area contributed by atoms with Crippen molar-refractivity contribution in [2.75, 3.05) is 19.6 Å². The minimum Gasteiger partial charge on any atom is -0.354 e. The van der Waals surface area contributed by atoms with Gasteiger partial charge < -0.3 is 11.1 Å². The molecule has 0 aromatic carbocycles. The number of hydrogen-bond donors (Lipinski definition) is 2. The molecular weight excluding hydrogens is 214 g/mol. The zero-order valence-electron chi connectivity index (χ0n) is 11.4. The summed E-state index contributed by atoms with van der Waals surface area (Å²) >= 11 is 0. The van der Waals surface area contributed by atoms with Crippen molar-refractivity contribution in [3.05, 3.63) is 0 Å². The molecule has 1 aliphatic rings. The van der Waals surface area contributed by atoms with Gasteiger partial charge in [-0.05, 0) is 38.6 Å². The van der Waals surface area contributed by atoms with Gasteiger partial charge in [0.2, 0.25) is 5.91 Å². The van der Waals surface area contributed by atoms with E-state index in [4.69, 9.17) is 5.73 Å². The fourth-order valence-electron chi connectivity index (χ4n) is 1.98. The topological polar surface area (TPSA) is 58.4 Å². The van der Waals surface area contributed by atoms with E-state index in [-0.39, 0.29) is 11.9 Å². The molecule has 1 unspecified atom stereocenters. The summed E-state index contributed by atoms with van der Waals surface area (Å²) in [6.45, 7) is 8.63. The van der Waals surface area contributed by atoms with Crippen molar-refractivity contribution in [1.82, 2.24) is 10.2 Å². The van der Waals surface area contributed by atoms with Crippen LogP contribution in [0, 0.1) is 5.92 Å².